The van der Waals surface area contributed by atoms with Gasteiger partial charge in [0.25, 0.3) is 0 Å². The van der Waals surface area contributed by atoms with Gasteiger partial charge in [-0.3, -0.25) is 9.59 Å². The van der Waals surface area contributed by atoms with Gasteiger partial charge in [0.1, 0.15) is 11.8 Å². The molecule has 0 spiro atoms. The third-order valence-corrected chi connectivity index (χ3v) is 5.59. The molecule has 8 heteroatoms. The molecule has 2 aromatic rings. The average Bonchev–Trinajstić information content (AvgIpc) is 2.84. The van der Waals surface area contributed by atoms with Crippen LogP contribution in [0.5, 0.6) is 5.75 Å². The SMILES string of the molecule is CCOC(=O)C1CCCN(C(=O)C(Cc2ccccc2)NC(=O)Nc2ccc(OC)cc2)C1. The summed E-state index contributed by atoms with van der Waals surface area (Å²) in [4.78, 5) is 40.0. The first-order valence-electron chi connectivity index (χ1n) is 11.2. The van der Waals surface area contributed by atoms with Gasteiger partial charge in [-0.25, -0.2) is 4.79 Å². The first-order chi connectivity index (χ1) is 16.0. The molecule has 0 aromatic heterocycles. The molecule has 176 valence electrons. The molecule has 0 saturated carbocycles. The van der Waals surface area contributed by atoms with Crippen molar-refractivity contribution in [3.05, 3.63) is 60.2 Å². The number of methoxy groups -OCH3 is 1. The second kappa shape index (κ2) is 11.9. The Labute approximate surface area is 194 Å². The van der Waals surface area contributed by atoms with E-state index in [0.717, 1.165) is 5.56 Å². The maximum absolute atomic E-state index is 13.4. The fourth-order valence-electron chi connectivity index (χ4n) is 3.90. The van der Waals surface area contributed by atoms with Crippen molar-refractivity contribution in [2.24, 2.45) is 5.92 Å². The van der Waals surface area contributed by atoms with Crippen LogP contribution < -0.4 is 15.4 Å². The van der Waals surface area contributed by atoms with Crippen LogP contribution in [0.3, 0.4) is 0 Å². The molecule has 2 N–H and O–H groups in total. The van der Waals surface area contributed by atoms with Gasteiger partial charge in [0, 0.05) is 25.2 Å². The molecule has 2 aromatic carbocycles. The summed E-state index contributed by atoms with van der Waals surface area (Å²) in [7, 11) is 1.57. The van der Waals surface area contributed by atoms with Crippen LogP contribution in [0.25, 0.3) is 0 Å². The fraction of sp³-hybridized carbons (Fsp3) is 0.400. The Hall–Kier alpha value is -3.55. The topological polar surface area (TPSA) is 97.0 Å². The number of hydrogen-bond acceptors (Lipinski definition) is 5. The van der Waals surface area contributed by atoms with Crippen molar-refractivity contribution < 1.29 is 23.9 Å². The number of ether oxygens (including phenoxy) is 2. The molecule has 1 heterocycles. The predicted molar refractivity (Wildman–Crippen MR) is 125 cm³/mol. The van der Waals surface area contributed by atoms with E-state index in [0.29, 0.717) is 50.4 Å². The molecule has 1 saturated heterocycles. The Morgan fingerprint density at radius 3 is 2.48 bits per heavy atom. The van der Waals surface area contributed by atoms with E-state index in [4.69, 9.17) is 9.47 Å². The second-order valence-corrected chi connectivity index (χ2v) is 7.94. The van der Waals surface area contributed by atoms with E-state index >= 15 is 0 Å². The molecule has 1 aliphatic rings. The molecule has 3 rings (SSSR count). The second-order valence-electron chi connectivity index (χ2n) is 7.94. The quantitative estimate of drug-likeness (QED) is 0.598. The molecule has 2 unspecified atom stereocenters. The lowest BCUT2D eigenvalue weighted by atomic mass is 9.96. The monoisotopic (exact) mass is 453 g/mol. The number of rotatable bonds is 8. The van der Waals surface area contributed by atoms with Crippen LogP contribution in [0.15, 0.2) is 54.6 Å². The number of urea groups is 1. The summed E-state index contributed by atoms with van der Waals surface area (Å²) in [5.74, 6) is -0.148. The van der Waals surface area contributed by atoms with E-state index in [1.54, 1.807) is 43.2 Å². The summed E-state index contributed by atoms with van der Waals surface area (Å²) in [6.07, 6.45) is 1.75. The molecular weight excluding hydrogens is 422 g/mol. The highest BCUT2D eigenvalue weighted by atomic mass is 16.5. The molecule has 1 aliphatic heterocycles. The van der Waals surface area contributed by atoms with E-state index in [9.17, 15) is 14.4 Å². The van der Waals surface area contributed by atoms with Gasteiger partial charge < -0.3 is 25.0 Å². The van der Waals surface area contributed by atoms with Crippen molar-refractivity contribution in [2.45, 2.75) is 32.2 Å². The summed E-state index contributed by atoms with van der Waals surface area (Å²) in [6, 6.07) is 15.2. The summed E-state index contributed by atoms with van der Waals surface area (Å²) in [5.41, 5.74) is 1.51. The van der Waals surface area contributed by atoms with Crippen LogP contribution in [0, 0.1) is 5.92 Å². The van der Waals surface area contributed by atoms with Crippen LogP contribution in [-0.4, -0.2) is 55.7 Å². The zero-order valence-corrected chi connectivity index (χ0v) is 19.1. The van der Waals surface area contributed by atoms with Crippen molar-refractivity contribution in [2.75, 3.05) is 32.1 Å². The molecule has 1 fully saturated rings. The van der Waals surface area contributed by atoms with Crippen LogP contribution in [-0.2, 0) is 20.7 Å². The van der Waals surface area contributed by atoms with Gasteiger partial charge >= 0.3 is 12.0 Å². The zero-order chi connectivity index (χ0) is 23.6. The van der Waals surface area contributed by atoms with Gasteiger partial charge in [-0.05, 0) is 49.6 Å². The number of amides is 3. The lowest BCUT2D eigenvalue weighted by molar-refractivity contribution is -0.151. The summed E-state index contributed by atoms with van der Waals surface area (Å²) < 4.78 is 10.3. The minimum absolute atomic E-state index is 0.210. The Bertz CT molecular complexity index is 933. The molecule has 0 bridgehead atoms. The number of nitrogens with zero attached hydrogens (tertiary/aromatic N) is 1. The van der Waals surface area contributed by atoms with E-state index in [1.165, 1.54) is 0 Å². The van der Waals surface area contributed by atoms with Gasteiger partial charge in [-0.2, -0.15) is 0 Å². The number of carbonyl (C=O) groups excluding carboxylic acids is 3. The van der Waals surface area contributed by atoms with Crippen molar-refractivity contribution >= 4 is 23.6 Å². The fourth-order valence-corrected chi connectivity index (χ4v) is 3.90. The number of esters is 1. The largest absolute Gasteiger partial charge is 0.497 e. The van der Waals surface area contributed by atoms with E-state index in [1.807, 2.05) is 30.3 Å². The van der Waals surface area contributed by atoms with Crippen molar-refractivity contribution in [1.29, 1.82) is 0 Å². The number of piperidine rings is 1. The first kappa shape index (κ1) is 24.1. The van der Waals surface area contributed by atoms with E-state index < -0.39 is 12.1 Å². The first-order valence-corrected chi connectivity index (χ1v) is 11.2. The van der Waals surface area contributed by atoms with Crippen LogP contribution in [0.4, 0.5) is 10.5 Å². The predicted octanol–water partition coefficient (Wildman–Crippen LogP) is 3.23. The number of benzene rings is 2. The summed E-state index contributed by atoms with van der Waals surface area (Å²) >= 11 is 0. The molecule has 0 aliphatic carbocycles. The van der Waals surface area contributed by atoms with Gasteiger partial charge in [-0.1, -0.05) is 30.3 Å². The van der Waals surface area contributed by atoms with Crippen molar-refractivity contribution in [1.82, 2.24) is 10.2 Å². The minimum atomic E-state index is -0.772. The molecule has 3 amide bonds. The molecule has 8 nitrogen and oxygen atoms in total. The van der Waals surface area contributed by atoms with Gasteiger partial charge in [0.15, 0.2) is 0 Å². The van der Waals surface area contributed by atoms with Crippen LogP contribution in [0.2, 0.25) is 0 Å². The van der Waals surface area contributed by atoms with Crippen LogP contribution in [0.1, 0.15) is 25.3 Å². The smallest absolute Gasteiger partial charge is 0.319 e. The summed E-state index contributed by atoms with van der Waals surface area (Å²) in [6.45, 7) is 2.92. The number of carbonyl (C=O) groups is 3. The normalized spacial score (nSPS) is 16.4. The highest BCUT2D eigenvalue weighted by Crippen LogP contribution is 2.20. The molecule has 0 radical (unpaired) electrons. The van der Waals surface area contributed by atoms with Crippen LogP contribution >= 0.6 is 0 Å². The minimum Gasteiger partial charge on any atom is -0.497 e. The number of likely N-dealkylation sites (tertiary alicyclic amines) is 1. The maximum Gasteiger partial charge on any atom is 0.319 e. The van der Waals surface area contributed by atoms with Crippen molar-refractivity contribution in [3.8, 4) is 5.75 Å². The molecule has 2 atom stereocenters. The van der Waals surface area contributed by atoms with Crippen molar-refractivity contribution in [3.63, 3.8) is 0 Å². The van der Waals surface area contributed by atoms with E-state index in [-0.39, 0.29) is 17.8 Å². The average molecular weight is 454 g/mol. The standard InChI is InChI=1S/C25H31N3O5/c1-3-33-24(30)19-10-7-15-28(17-19)23(29)22(16-18-8-5-4-6-9-18)27-25(31)26-20-11-13-21(32-2)14-12-20/h4-6,8-9,11-14,19,22H,3,7,10,15-17H2,1-2H3,(H2,26,27,31). The Morgan fingerprint density at radius 1 is 1.09 bits per heavy atom. The zero-order valence-electron chi connectivity index (χ0n) is 19.1. The number of anilines is 1. The molecule has 33 heavy (non-hydrogen) atoms. The molecular formula is C25H31N3O5. The number of nitrogens with one attached hydrogen (secondary N) is 2. The third-order valence-electron chi connectivity index (χ3n) is 5.59. The lowest BCUT2D eigenvalue weighted by Crippen LogP contribution is -2.53. The van der Waals surface area contributed by atoms with Gasteiger partial charge in [0.05, 0.1) is 19.6 Å². The third kappa shape index (κ3) is 6.97. The highest BCUT2D eigenvalue weighted by Gasteiger charge is 2.33. The van der Waals surface area contributed by atoms with Gasteiger partial charge in [0.2, 0.25) is 5.91 Å². The van der Waals surface area contributed by atoms with Gasteiger partial charge in [-0.15, -0.1) is 0 Å². The Kier molecular flexibility index (Phi) is 8.69. The number of hydrogen-bond donors (Lipinski definition) is 2. The Balaban J connectivity index is 1.70. The Morgan fingerprint density at radius 2 is 1.82 bits per heavy atom. The van der Waals surface area contributed by atoms with E-state index in [2.05, 4.69) is 10.6 Å². The highest BCUT2D eigenvalue weighted by molar-refractivity contribution is 5.94. The lowest BCUT2D eigenvalue weighted by Gasteiger charge is -2.34. The summed E-state index contributed by atoms with van der Waals surface area (Å²) in [5, 5.41) is 5.58. The maximum atomic E-state index is 13.4.